The Morgan fingerprint density at radius 3 is 3.09 bits per heavy atom. The number of imidazole rings is 1. The van der Waals surface area contributed by atoms with Gasteiger partial charge in [0.15, 0.2) is 0 Å². The molecule has 0 amide bonds. The van der Waals surface area contributed by atoms with Gasteiger partial charge in [-0.1, -0.05) is 6.07 Å². The average Bonchev–Trinajstić information content (AvgIpc) is 3.21. The Labute approximate surface area is 135 Å². The number of aromatic amines is 1. The van der Waals surface area contributed by atoms with Crippen molar-refractivity contribution >= 4 is 11.0 Å². The maximum absolute atomic E-state index is 5.28. The number of nitrogens with zero attached hydrogens (tertiary/aromatic N) is 3. The zero-order chi connectivity index (χ0) is 15.6. The molecule has 1 N–H and O–H groups in total. The normalized spacial score (nSPS) is 18.6. The third kappa shape index (κ3) is 2.92. The first-order valence-corrected chi connectivity index (χ1v) is 7.98. The van der Waals surface area contributed by atoms with Crippen molar-refractivity contribution in [3.05, 3.63) is 54.1 Å². The van der Waals surface area contributed by atoms with Gasteiger partial charge in [-0.05, 0) is 37.2 Å². The van der Waals surface area contributed by atoms with Crippen LogP contribution in [-0.4, -0.2) is 40.1 Å². The van der Waals surface area contributed by atoms with E-state index in [2.05, 4.69) is 20.9 Å². The van der Waals surface area contributed by atoms with Crippen molar-refractivity contribution in [2.45, 2.75) is 18.9 Å². The molecule has 1 aromatic carbocycles. The van der Waals surface area contributed by atoms with Gasteiger partial charge in [-0.25, -0.2) is 4.98 Å². The summed E-state index contributed by atoms with van der Waals surface area (Å²) >= 11 is 0. The molecule has 0 spiro atoms. The Hall–Kier alpha value is -2.40. The smallest absolute Gasteiger partial charge is 0.121 e. The van der Waals surface area contributed by atoms with Crippen molar-refractivity contribution in [2.75, 3.05) is 20.2 Å². The van der Waals surface area contributed by atoms with Crippen LogP contribution in [0.25, 0.3) is 11.0 Å². The second-order valence-corrected chi connectivity index (χ2v) is 6.05. The molecule has 1 atom stereocenters. The number of H-pyrrole nitrogens is 1. The SMILES string of the molecule is COc1ccc2nc(C3CCN(Cc4ccccn4)C3)[nH]c2c1. The number of methoxy groups -OCH3 is 1. The highest BCUT2D eigenvalue weighted by Crippen LogP contribution is 2.28. The Morgan fingerprint density at radius 1 is 1.30 bits per heavy atom. The lowest BCUT2D eigenvalue weighted by Gasteiger charge is -2.14. The summed E-state index contributed by atoms with van der Waals surface area (Å²) in [4.78, 5) is 15.1. The summed E-state index contributed by atoms with van der Waals surface area (Å²) in [6.07, 6.45) is 2.99. The minimum Gasteiger partial charge on any atom is -0.497 e. The first-order valence-electron chi connectivity index (χ1n) is 7.98. The van der Waals surface area contributed by atoms with E-state index < -0.39 is 0 Å². The monoisotopic (exact) mass is 308 g/mol. The molecule has 2 aromatic heterocycles. The highest BCUT2D eigenvalue weighted by atomic mass is 16.5. The third-order valence-corrected chi connectivity index (χ3v) is 4.48. The number of likely N-dealkylation sites (tertiary alicyclic amines) is 1. The lowest BCUT2D eigenvalue weighted by atomic mass is 10.1. The van der Waals surface area contributed by atoms with Crippen LogP contribution in [0.1, 0.15) is 23.9 Å². The fourth-order valence-electron chi connectivity index (χ4n) is 3.25. The summed E-state index contributed by atoms with van der Waals surface area (Å²) < 4.78 is 5.28. The van der Waals surface area contributed by atoms with E-state index >= 15 is 0 Å². The molecule has 1 saturated heterocycles. The Morgan fingerprint density at radius 2 is 2.26 bits per heavy atom. The number of hydrogen-bond donors (Lipinski definition) is 1. The number of aromatic nitrogens is 3. The number of pyridine rings is 1. The molecule has 1 fully saturated rings. The standard InChI is InChI=1S/C18H20N4O/c1-23-15-5-6-16-17(10-15)21-18(20-16)13-7-9-22(11-13)12-14-4-2-3-8-19-14/h2-6,8,10,13H,7,9,11-12H2,1H3,(H,20,21). The predicted molar refractivity (Wildman–Crippen MR) is 89.5 cm³/mol. The predicted octanol–water partition coefficient (Wildman–Crippen LogP) is 2.96. The fourth-order valence-corrected chi connectivity index (χ4v) is 3.25. The van der Waals surface area contributed by atoms with E-state index in [4.69, 9.17) is 9.72 Å². The lowest BCUT2D eigenvalue weighted by Crippen LogP contribution is -2.20. The van der Waals surface area contributed by atoms with Crippen LogP contribution in [-0.2, 0) is 6.54 Å². The van der Waals surface area contributed by atoms with E-state index in [1.165, 1.54) is 0 Å². The van der Waals surface area contributed by atoms with Crippen LogP contribution in [0.15, 0.2) is 42.6 Å². The molecule has 5 heteroatoms. The van der Waals surface area contributed by atoms with Gasteiger partial charge in [-0.3, -0.25) is 9.88 Å². The molecule has 118 valence electrons. The first kappa shape index (κ1) is 14.2. The van der Waals surface area contributed by atoms with E-state index in [0.29, 0.717) is 5.92 Å². The van der Waals surface area contributed by atoms with Gasteiger partial charge in [0.2, 0.25) is 0 Å². The quantitative estimate of drug-likeness (QED) is 0.805. The van der Waals surface area contributed by atoms with Gasteiger partial charge in [0.05, 0.1) is 23.8 Å². The Bertz CT molecular complexity index is 799. The summed E-state index contributed by atoms with van der Waals surface area (Å²) in [6, 6.07) is 12.1. The van der Waals surface area contributed by atoms with Crippen LogP contribution in [0.3, 0.4) is 0 Å². The molecule has 0 saturated carbocycles. The largest absolute Gasteiger partial charge is 0.497 e. The van der Waals surface area contributed by atoms with Crippen molar-refractivity contribution in [1.29, 1.82) is 0 Å². The van der Waals surface area contributed by atoms with Crippen LogP contribution in [0.5, 0.6) is 5.75 Å². The summed E-state index contributed by atoms with van der Waals surface area (Å²) in [5.74, 6) is 2.39. The number of nitrogens with one attached hydrogen (secondary N) is 1. The minimum absolute atomic E-state index is 0.456. The highest BCUT2D eigenvalue weighted by molar-refractivity contribution is 5.76. The molecule has 1 aliphatic rings. The van der Waals surface area contributed by atoms with Gasteiger partial charge >= 0.3 is 0 Å². The van der Waals surface area contributed by atoms with Crippen LogP contribution >= 0.6 is 0 Å². The van der Waals surface area contributed by atoms with Gasteiger partial charge in [0.25, 0.3) is 0 Å². The molecule has 4 rings (SSSR count). The molecule has 3 aromatic rings. The van der Waals surface area contributed by atoms with Gasteiger partial charge in [-0.15, -0.1) is 0 Å². The molecule has 1 aliphatic heterocycles. The van der Waals surface area contributed by atoms with Crippen molar-refractivity contribution in [3.63, 3.8) is 0 Å². The molecular formula is C18H20N4O. The topological polar surface area (TPSA) is 54.0 Å². The molecular weight excluding hydrogens is 288 g/mol. The van der Waals surface area contributed by atoms with Gasteiger partial charge in [0.1, 0.15) is 11.6 Å². The zero-order valence-electron chi connectivity index (χ0n) is 13.2. The molecule has 0 bridgehead atoms. The lowest BCUT2D eigenvalue weighted by molar-refractivity contribution is 0.322. The molecule has 0 radical (unpaired) electrons. The van der Waals surface area contributed by atoms with Crippen molar-refractivity contribution in [1.82, 2.24) is 19.9 Å². The summed E-state index contributed by atoms with van der Waals surface area (Å²) in [7, 11) is 1.69. The van der Waals surface area contributed by atoms with Crippen molar-refractivity contribution in [3.8, 4) is 5.75 Å². The number of rotatable bonds is 4. The van der Waals surface area contributed by atoms with E-state index in [0.717, 1.165) is 54.4 Å². The van der Waals surface area contributed by atoms with E-state index in [-0.39, 0.29) is 0 Å². The van der Waals surface area contributed by atoms with E-state index in [9.17, 15) is 0 Å². The van der Waals surface area contributed by atoms with Crippen molar-refractivity contribution in [2.24, 2.45) is 0 Å². The molecule has 0 aliphatic carbocycles. The number of fused-ring (bicyclic) bond motifs is 1. The summed E-state index contributed by atoms with van der Waals surface area (Å²) in [6.45, 7) is 3.01. The molecule has 3 heterocycles. The fraction of sp³-hybridized carbons (Fsp3) is 0.333. The minimum atomic E-state index is 0.456. The van der Waals surface area contributed by atoms with Crippen LogP contribution in [0.4, 0.5) is 0 Å². The van der Waals surface area contributed by atoms with Gasteiger partial charge in [-0.2, -0.15) is 0 Å². The first-order chi connectivity index (χ1) is 11.3. The zero-order valence-corrected chi connectivity index (χ0v) is 13.2. The second kappa shape index (κ2) is 6.01. The van der Waals surface area contributed by atoms with E-state index in [1.54, 1.807) is 7.11 Å². The number of benzene rings is 1. The van der Waals surface area contributed by atoms with Gasteiger partial charge < -0.3 is 9.72 Å². The number of hydrogen-bond acceptors (Lipinski definition) is 4. The summed E-state index contributed by atoms with van der Waals surface area (Å²) in [5, 5.41) is 0. The number of ether oxygens (including phenoxy) is 1. The Balaban J connectivity index is 1.49. The average molecular weight is 308 g/mol. The van der Waals surface area contributed by atoms with Crippen molar-refractivity contribution < 1.29 is 4.74 Å². The van der Waals surface area contributed by atoms with Crippen LogP contribution in [0.2, 0.25) is 0 Å². The third-order valence-electron chi connectivity index (χ3n) is 4.48. The second-order valence-electron chi connectivity index (χ2n) is 6.05. The molecule has 1 unspecified atom stereocenters. The van der Waals surface area contributed by atoms with Crippen LogP contribution in [0, 0.1) is 0 Å². The van der Waals surface area contributed by atoms with Gasteiger partial charge in [0, 0.05) is 31.3 Å². The molecule has 23 heavy (non-hydrogen) atoms. The maximum atomic E-state index is 5.28. The molecule has 5 nitrogen and oxygen atoms in total. The Kier molecular flexibility index (Phi) is 3.71. The highest BCUT2D eigenvalue weighted by Gasteiger charge is 2.26. The maximum Gasteiger partial charge on any atom is 0.121 e. The van der Waals surface area contributed by atoms with E-state index in [1.807, 2.05) is 36.5 Å². The van der Waals surface area contributed by atoms with Crippen LogP contribution < -0.4 is 4.74 Å². The summed E-state index contributed by atoms with van der Waals surface area (Å²) in [5.41, 5.74) is 3.17.